The van der Waals surface area contributed by atoms with E-state index in [-0.39, 0.29) is 0 Å². The summed E-state index contributed by atoms with van der Waals surface area (Å²) in [5.74, 6) is 0. The molecular weight excluding hydrogens is 392 g/mol. The third-order valence-corrected chi connectivity index (χ3v) is 5.81. The summed E-state index contributed by atoms with van der Waals surface area (Å²) < 4.78 is 16.7. The third kappa shape index (κ3) is 20.2. The number of unbranched alkanes of at least 4 members (excludes halogenated alkanes) is 14. The summed E-state index contributed by atoms with van der Waals surface area (Å²) in [6.07, 6.45) is 16.8. The lowest BCUT2D eigenvalue weighted by atomic mass is 10.1. The highest BCUT2D eigenvalue weighted by atomic mass is 16.7. The molecule has 0 aromatic carbocycles. The first kappa shape index (κ1) is 30.8. The van der Waals surface area contributed by atoms with Crippen LogP contribution >= 0.6 is 0 Å². The Kier molecular flexibility index (Phi) is 22.8. The van der Waals surface area contributed by atoms with Gasteiger partial charge in [0.15, 0.2) is 12.6 Å². The van der Waals surface area contributed by atoms with Crippen molar-refractivity contribution >= 4 is 0 Å². The first-order valence-electron chi connectivity index (χ1n) is 13.3. The molecule has 0 saturated heterocycles. The lowest BCUT2D eigenvalue weighted by Gasteiger charge is -2.26. The van der Waals surface area contributed by atoms with E-state index in [4.69, 9.17) is 14.2 Å². The molecule has 0 saturated carbocycles. The minimum Gasteiger partial charge on any atom is -0.366 e. The van der Waals surface area contributed by atoms with Gasteiger partial charge in [-0.2, -0.15) is 0 Å². The minimum atomic E-state index is -0.980. The van der Waals surface area contributed by atoms with Crippen LogP contribution in [-0.2, 0) is 14.2 Å². The van der Waals surface area contributed by atoms with Crippen molar-refractivity contribution in [3.63, 3.8) is 0 Å². The molecule has 0 rings (SSSR count). The first-order valence-corrected chi connectivity index (χ1v) is 13.3. The fourth-order valence-corrected chi connectivity index (χ4v) is 3.62. The number of aliphatic hydroxyl groups is 2. The summed E-state index contributed by atoms with van der Waals surface area (Å²) >= 11 is 0. The van der Waals surface area contributed by atoms with E-state index in [2.05, 4.69) is 13.8 Å². The second-order valence-corrected chi connectivity index (χ2v) is 9.02. The Morgan fingerprint density at radius 2 is 0.774 bits per heavy atom. The molecule has 0 bridgehead atoms. The molecule has 0 radical (unpaired) electrons. The molecule has 0 spiro atoms. The largest absolute Gasteiger partial charge is 0.366 e. The summed E-state index contributed by atoms with van der Waals surface area (Å²) in [5.41, 5.74) is 0. The summed E-state index contributed by atoms with van der Waals surface area (Å²) in [6.45, 7) is 9.07. The summed E-state index contributed by atoms with van der Waals surface area (Å²) in [5, 5.41) is 20.3. The molecule has 4 unspecified atom stereocenters. The van der Waals surface area contributed by atoms with Crippen LogP contribution in [0.5, 0.6) is 0 Å². The Bertz CT molecular complexity index is 321. The van der Waals surface area contributed by atoms with E-state index in [1.807, 2.05) is 0 Å². The zero-order valence-corrected chi connectivity index (χ0v) is 21.2. The van der Waals surface area contributed by atoms with Crippen molar-refractivity contribution in [1.29, 1.82) is 0 Å². The van der Waals surface area contributed by atoms with Gasteiger partial charge in [0.25, 0.3) is 0 Å². The molecular formula is C26H54O5. The maximum atomic E-state index is 10.1. The number of hydrogen-bond donors (Lipinski definition) is 2. The smallest absolute Gasteiger partial charge is 0.180 e. The van der Waals surface area contributed by atoms with Crippen molar-refractivity contribution in [3.8, 4) is 0 Å². The molecule has 0 amide bonds. The van der Waals surface area contributed by atoms with Crippen LogP contribution in [0.1, 0.15) is 130 Å². The summed E-state index contributed by atoms with van der Waals surface area (Å²) in [7, 11) is 0. The van der Waals surface area contributed by atoms with Crippen molar-refractivity contribution in [2.24, 2.45) is 0 Å². The van der Waals surface area contributed by atoms with Crippen LogP contribution in [0, 0.1) is 0 Å². The zero-order chi connectivity index (χ0) is 23.2. The maximum Gasteiger partial charge on any atom is 0.180 e. The van der Waals surface area contributed by atoms with E-state index in [1.165, 1.54) is 77.0 Å². The highest BCUT2D eigenvalue weighted by Crippen LogP contribution is 2.13. The van der Waals surface area contributed by atoms with Crippen molar-refractivity contribution in [2.45, 2.75) is 155 Å². The van der Waals surface area contributed by atoms with E-state index in [0.717, 1.165) is 25.7 Å². The molecule has 0 aromatic heterocycles. The van der Waals surface area contributed by atoms with E-state index >= 15 is 0 Å². The van der Waals surface area contributed by atoms with Crippen LogP contribution in [0.4, 0.5) is 0 Å². The van der Waals surface area contributed by atoms with Gasteiger partial charge < -0.3 is 24.4 Å². The molecule has 5 nitrogen and oxygen atoms in total. The average Bonchev–Trinajstić information content (AvgIpc) is 2.76. The van der Waals surface area contributed by atoms with Gasteiger partial charge in [0.1, 0.15) is 12.2 Å². The zero-order valence-electron chi connectivity index (χ0n) is 21.2. The Morgan fingerprint density at radius 3 is 1.10 bits per heavy atom. The molecule has 0 fully saturated rings. The van der Waals surface area contributed by atoms with Crippen molar-refractivity contribution in [3.05, 3.63) is 0 Å². The monoisotopic (exact) mass is 446 g/mol. The van der Waals surface area contributed by atoms with Crippen molar-refractivity contribution in [1.82, 2.24) is 0 Å². The molecule has 4 atom stereocenters. The van der Waals surface area contributed by atoms with Gasteiger partial charge in [0, 0.05) is 13.2 Å². The highest BCUT2D eigenvalue weighted by molar-refractivity contribution is 4.61. The lowest BCUT2D eigenvalue weighted by molar-refractivity contribution is -0.229. The van der Waals surface area contributed by atoms with Gasteiger partial charge >= 0.3 is 0 Å². The Morgan fingerprint density at radius 1 is 0.484 bits per heavy atom. The average molecular weight is 447 g/mol. The van der Waals surface area contributed by atoms with Crippen LogP contribution in [0.3, 0.4) is 0 Å². The topological polar surface area (TPSA) is 68.2 Å². The van der Waals surface area contributed by atoms with Gasteiger partial charge in [-0.1, -0.05) is 104 Å². The van der Waals surface area contributed by atoms with E-state index in [0.29, 0.717) is 13.2 Å². The molecule has 0 aliphatic carbocycles. The van der Waals surface area contributed by atoms with E-state index in [1.54, 1.807) is 13.8 Å². The first-order chi connectivity index (χ1) is 15.0. The molecule has 31 heavy (non-hydrogen) atoms. The maximum absolute atomic E-state index is 10.1. The second-order valence-electron chi connectivity index (χ2n) is 9.02. The highest BCUT2D eigenvalue weighted by Gasteiger charge is 2.22. The quantitative estimate of drug-likeness (QED) is 0.127. The standard InChI is InChI=1S/C26H54O5/c1-5-7-9-11-13-15-17-19-21-29-25(27)23(3)31-24(4)26(28)30-22-20-18-16-14-12-10-8-6-2/h23-28H,5-22H2,1-4H3. The minimum absolute atomic E-state index is 0.509. The van der Waals surface area contributed by atoms with Gasteiger partial charge in [-0.3, -0.25) is 0 Å². The van der Waals surface area contributed by atoms with Crippen LogP contribution in [0.25, 0.3) is 0 Å². The van der Waals surface area contributed by atoms with Gasteiger partial charge in [-0.15, -0.1) is 0 Å². The fraction of sp³-hybridized carbons (Fsp3) is 1.00. The number of aliphatic hydroxyl groups excluding tert-OH is 2. The molecule has 5 heteroatoms. The van der Waals surface area contributed by atoms with Gasteiger partial charge in [-0.05, 0) is 26.7 Å². The van der Waals surface area contributed by atoms with Gasteiger partial charge in [0.2, 0.25) is 0 Å². The van der Waals surface area contributed by atoms with Crippen LogP contribution in [0.2, 0.25) is 0 Å². The van der Waals surface area contributed by atoms with E-state index in [9.17, 15) is 10.2 Å². The lowest BCUT2D eigenvalue weighted by Crippen LogP contribution is -2.37. The van der Waals surface area contributed by atoms with Crippen molar-refractivity contribution < 1.29 is 24.4 Å². The van der Waals surface area contributed by atoms with Gasteiger partial charge in [0.05, 0.1) is 0 Å². The molecule has 2 N–H and O–H groups in total. The van der Waals surface area contributed by atoms with Crippen molar-refractivity contribution in [2.75, 3.05) is 13.2 Å². The predicted molar refractivity (Wildman–Crippen MR) is 129 cm³/mol. The van der Waals surface area contributed by atoms with Crippen LogP contribution in [-0.4, -0.2) is 48.2 Å². The molecule has 188 valence electrons. The van der Waals surface area contributed by atoms with Gasteiger partial charge in [-0.25, -0.2) is 0 Å². The van der Waals surface area contributed by atoms with Crippen LogP contribution < -0.4 is 0 Å². The molecule has 0 aromatic rings. The number of rotatable bonds is 24. The Hall–Kier alpha value is -0.200. The Balaban J connectivity index is 3.64. The SMILES string of the molecule is CCCCCCCCCCOC(O)C(C)OC(C)C(O)OCCCCCCCCCC. The molecule has 0 heterocycles. The summed E-state index contributed by atoms with van der Waals surface area (Å²) in [6, 6.07) is 0. The van der Waals surface area contributed by atoms with Crippen LogP contribution in [0.15, 0.2) is 0 Å². The fourth-order valence-electron chi connectivity index (χ4n) is 3.62. The normalized spacial score (nSPS) is 15.7. The molecule has 0 aliphatic heterocycles. The Labute approximate surface area is 193 Å². The predicted octanol–water partition coefficient (Wildman–Crippen LogP) is 6.73. The number of hydrogen-bond acceptors (Lipinski definition) is 5. The summed E-state index contributed by atoms with van der Waals surface area (Å²) in [4.78, 5) is 0. The van der Waals surface area contributed by atoms with E-state index < -0.39 is 24.8 Å². The molecule has 0 aliphatic rings. The number of ether oxygens (including phenoxy) is 3. The third-order valence-electron chi connectivity index (χ3n) is 5.81. The second kappa shape index (κ2) is 23.0.